The molecule has 0 aliphatic heterocycles. The summed E-state index contributed by atoms with van der Waals surface area (Å²) in [6, 6.07) is 0. The topological polar surface area (TPSA) is 0 Å². The summed E-state index contributed by atoms with van der Waals surface area (Å²) >= 11 is 0. The zero-order valence-electron chi connectivity index (χ0n) is 14.2. The highest BCUT2D eigenvalue weighted by molar-refractivity contribution is 5.23. The van der Waals surface area contributed by atoms with Crippen molar-refractivity contribution in [3.05, 3.63) is 34.4 Å². The van der Waals surface area contributed by atoms with Crippen molar-refractivity contribution >= 4 is 0 Å². The molecule has 0 bridgehead atoms. The van der Waals surface area contributed by atoms with Gasteiger partial charge in [-0.25, -0.2) is 0 Å². The lowest BCUT2D eigenvalue weighted by Crippen LogP contribution is -2.22. The largest absolute Gasteiger partial charge is 0.0853 e. The molecular formula is C20H32. The maximum Gasteiger partial charge on any atom is -0.0141 e. The lowest BCUT2D eigenvalue weighted by Gasteiger charge is -2.32. The molecule has 0 nitrogen and oxygen atoms in total. The highest BCUT2D eigenvalue weighted by Crippen LogP contribution is 2.52. The SMILES string of the molecule is CC(C)=C1CC[C@]2(C)C/C=C(\C)CC/C=C(\C)CC[C@@H]12. The van der Waals surface area contributed by atoms with Crippen molar-refractivity contribution < 1.29 is 0 Å². The second-order valence-corrected chi connectivity index (χ2v) is 7.61. The van der Waals surface area contributed by atoms with E-state index in [1.165, 1.54) is 44.9 Å². The van der Waals surface area contributed by atoms with E-state index in [-0.39, 0.29) is 0 Å². The molecule has 1 fully saturated rings. The zero-order valence-corrected chi connectivity index (χ0v) is 14.2. The van der Waals surface area contributed by atoms with E-state index in [4.69, 9.17) is 0 Å². The first-order chi connectivity index (χ1) is 9.42. The molecule has 2 aliphatic rings. The summed E-state index contributed by atoms with van der Waals surface area (Å²) < 4.78 is 0. The molecular weight excluding hydrogens is 240 g/mol. The zero-order chi connectivity index (χ0) is 14.8. The molecule has 0 spiro atoms. The molecule has 20 heavy (non-hydrogen) atoms. The van der Waals surface area contributed by atoms with Crippen LogP contribution in [0.25, 0.3) is 0 Å². The first-order valence-corrected chi connectivity index (χ1v) is 8.40. The van der Waals surface area contributed by atoms with Crippen LogP contribution in [0.1, 0.15) is 79.6 Å². The summed E-state index contributed by atoms with van der Waals surface area (Å²) in [6.45, 7) is 11.8. The molecule has 112 valence electrons. The van der Waals surface area contributed by atoms with E-state index in [0.29, 0.717) is 5.41 Å². The molecule has 2 rings (SSSR count). The minimum Gasteiger partial charge on any atom is -0.0853 e. The first-order valence-electron chi connectivity index (χ1n) is 8.40. The standard InChI is InChI=1S/C20H32/c1-15(2)18-12-14-20(5)13-11-17(4)8-6-7-16(3)9-10-19(18)20/h7,11,19H,6,8-10,12-14H2,1-5H3/b16-7+,17-11+/t19-,20-/m0/s1. The first kappa shape index (κ1) is 15.6. The van der Waals surface area contributed by atoms with E-state index in [0.717, 1.165) is 5.92 Å². The highest BCUT2D eigenvalue weighted by atomic mass is 14.5. The van der Waals surface area contributed by atoms with E-state index < -0.39 is 0 Å². The van der Waals surface area contributed by atoms with Crippen molar-refractivity contribution in [3.8, 4) is 0 Å². The van der Waals surface area contributed by atoms with Crippen molar-refractivity contribution in [2.75, 3.05) is 0 Å². The van der Waals surface area contributed by atoms with Gasteiger partial charge in [0, 0.05) is 0 Å². The average molecular weight is 272 g/mol. The fourth-order valence-corrected chi connectivity index (χ4v) is 4.08. The molecule has 2 atom stereocenters. The normalized spacial score (nSPS) is 37.2. The predicted octanol–water partition coefficient (Wildman–Crippen LogP) is 6.60. The third-order valence-corrected chi connectivity index (χ3v) is 5.65. The van der Waals surface area contributed by atoms with Gasteiger partial charge in [-0.05, 0) is 84.0 Å². The molecule has 0 aromatic carbocycles. The van der Waals surface area contributed by atoms with Gasteiger partial charge in [0.05, 0.1) is 0 Å². The van der Waals surface area contributed by atoms with Crippen LogP contribution in [0.5, 0.6) is 0 Å². The average Bonchev–Trinajstić information content (AvgIpc) is 2.70. The van der Waals surface area contributed by atoms with Crippen molar-refractivity contribution in [2.45, 2.75) is 79.6 Å². The van der Waals surface area contributed by atoms with Gasteiger partial charge in [0.2, 0.25) is 0 Å². The summed E-state index contributed by atoms with van der Waals surface area (Å²) in [4.78, 5) is 0. The van der Waals surface area contributed by atoms with Gasteiger partial charge in [-0.1, -0.05) is 41.4 Å². The molecule has 0 saturated heterocycles. The summed E-state index contributed by atoms with van der Waals surface area (Å²) in [6.07, 6.45) is 14.1. The maximum absolute atomic E-state index is 2.54. The quantitative estimate of drug-likeness (QED) is 0.436. The molecule has 0 N–H and O–H groups in total. The Kier molecular flexibility index (Phi) is 4.94. The summed E-state index contributed by atoms with van der Waals surface area (Å²) in [5, 5.41) is 0. The van der Waals surface area contributed by atoms with Crippen LogP contribution in [0.4, 0.5) is 0 Å². The monoisotopic (exact) mass is 272 g/mol. The van der Waals surface area contributed by atoms with Gasteiger partial charge in [-0.15, -0.1) is 0 Å². The highest BCUT2D eigenvalue weighted by Gasteiger charge is 2.40. The minimum atomic E-state index is 0.498. The smallest absolute Gasteiger partial charge is 0.0141 e. The fourth-order valence-electron chi connectivity index (χ4n) is 4.08. The number of allylic oxidation sites excluding steroid dienone is 6. The van der Waals surface area contributed by atoms with Gasteiger partial charge in [-0.2, -0.15) is 0 Å². The van der Waals surface area contributed by atoms with Gasteiger partial charge in [-0.3, -0.25) is 0 Å². The van der Waals surface area contributed by atoms with E-state index in [9.17, 15) is 0 Å². The number of hydrogen-bond donors (Lipinski definition) is 0. The van der Waals surface area contributed by atoms with Crippen LogP contribution in [-0.4, -0.2) is 0 Å². The van der Waals surface area contributed by atoms with Gasteiger partial charge >= 0.3 is 0 Å². The van der Waals surface area contributed by atoms with Crippen LogP contribution in [0, 0.1) is 11.3 Å². The van der Waals surface area contributed by atoms with Crippen LogP contribution in [0.3, 0.4) is 0 Å². The Morgan fingerprint density at radius 1 is 1.05 bits per heavy atom. The minimum absolute atomic E-state index is 0.498. The molecule has 0 aromatic rings. The molecule has 2 aliphatic carbocycles. The van der Waals surface area contributed by atoms with Gasteiger partial charge < -0.3 is 0 Å². The molecule has 0 amide bonds. The summed E-state index contributed by atoms with van der Waals surface area (Å²) in [7, 11) is 0. The maximum atomic E-state index is 2.54. The van der Waals surface area contributed by atoms with Crippen molar-refractivity contribution in [2.24, 2.45) is 11.3 Å². The van der Waals surface area contributed by atoms with Crippen LogP contribution < -0.4 is 0 Å². The Hall–Kier alpha value is -0.780. The predicted molar refractivity (Wildman–Crippen MR) is 89.8 cm³/mol. The Morgan fingerprint density at radius 3 is 2.45 bits per heavy atom. The van der Waals surface area contributed by atoms with Crippen molar-refractivity contribution in [1.82, 2.24) is 0 Å². The van der Waals surface area contributed by atoms with Gasteiger partial charge in [0.15, 0.2) is 0 Å². The number of hydrogen-bond acceptors (Lipinski definition) is 0. The van der Waals surface area contributed by atoms with Crippen LogP contribution in [0.15, 0.2) is 34.4 Å². The molecule has 0 aromatic heterocycles. The van der Waals surface area contributed by atoms with E-state index >= 15 is 0 Å². The third kappa shape index (κ3) is 3.45. The summed E-state index contributed by atoms with van der Waals surface area (Å²) in [5.74, 6) is 0.804. The van der Waals surface area contributed by atoms with Gasteiger partial charge in [0.25, 0.3) is 0 Å². The molecule has 0 heterocycles. The van der Waals surface area contributed by atoms with Crippen molar-refractivity contribution in [3.63, 3.8) is 0 Å². The van der Waals surface area contributed by atoms with Crippen LogP contribution in [-0.2, 0) is 0 Å². The third-order valence-electron chi connectivity index (χ3n) is 5.65. The lowest BCUT2D eigenvalue weighted by atomic mass is 9.72. The molecule has 0 radical (unpaired) electrons. The second-order valence-electron chi connectivity index (χ2n) is 7.61. The van der Waals surface area contributed by atoms with Crippen LogP contribution >= 0.6 is 0 Å². The van der Waals surface area contributed by atoms with Crippen LogP contribution in [0.2, 0.25) is 0 Å². The number of fused-ring (bicyclic) bond motifs is 1. The Balaban J connectivity index is 2.31. The van der Waals surface area contributed by atoms with E-state index in [1.54, 1.807) is 22.3 Å². The fraction of sp³-hybridized carbons (Fsp3) is 0.700. The van der Waals surface area contributed by atoms with E-state index in [2.05, 4.69) is 46.8 Å². The molecule has 0 unspecified atom stereocenters. The van der Waals surface area contributed by atoms with Crippen molar-refractivity contribution in [1.29, 1.82) is 0 Å². The Bertz CT molecular complexity index is 443. The molecule has 0 heteroatoms. The lowest BCUT2D eigenvalue weighted by molar-refractivity contribution is 0.238. The Morgan fingerprint density at radius 2 is 1.75 bits per heavy atom. The van der Waals surface area contributed by atoms with E-state index in [1.807, 2.05) is 0 Å². The number of rotatable bonds is 0. The summed E-state index contributed by atoms with van der Waals surface area (Å²) in [5.41, 5.74) is 7.03. The second kappa shape index (κ2) is 6.33. The Labute approximate surface area is 126 Å². The molecule has 1 saturated carbocycles. The van der Waals surface area contributed by atoms with Gasteiger partial charge in [0.1, 0.15) is 0 Å².